The molecule has 0 atom stereocenters. The van der Waals surface area contributed by atoms with E-state index in [0.29, 0.717) is 18.0 Å². The normalized spacial score (nSPS) is 11.3. The highest BCUT2D eigenvalue weighted by atomic mass is 35.5. The van der Waals surface area contributed by atoms with Gasteiger partial charge in [0.1, 0.15) is 5.75 Å². The quantitative estimate of drug-likeness (QED) is 0.599. The molecular formula is C19H26ClN3O4S. The molecule has 0 saturated heterocycles. The molecule has 28 heavy (non-hydrogen) atoms. The summed E-state index contributed by atoms with van der Waals surface area (Å²) in [5.74, 6) is 0.269. The van der Waals surface area contributed by atoms with Crippen LogP contribution in [0, 0.1) is 0 Å². The zero-order valence-corrected chi connectivity index (χ0v) is 17.7. The third kappa shape index (κ3) is 6.40. The van der Waals surface area contributed by atoms with Crippen molar-refractivity contribution in [2.24, 2.45) is 5.73 Å². The van der Waals surface area contributed by atoms with Crippen molar-refractivity contribution in [3.8, 4) is 5.75 Å². The lowest BCUT2D eigenvalue weighted by Gasteiger charge is -2.24. The van der Waals surface area contributed by atoms with Crippen molar-refractivity contribution < 1.29 is 17.9 Å². The van der Waals surface area contributed by atoms with Crippen LogP contribution in [0.25, 0.3) is 0 Å². The highest BCUT2D eigenvalue weighted by Crippen LogP contribution is 2.20. The highest BCUT2D eigenvalue weighted by Gasteiger charge is 2.21. The van der Waals surface area contributed by atoms with Crippen molar-refractivity contribution in [2.75, 3.05) is 17.9 Å². The summed E-state index contributed by atoms with van der Waals surface area (Å²) in [6.07, 6.45) is 0. The summed E-state index contributed by atoms with van der Waals surface area (Å²) in [5, 5.41) is 2.78. The van der Waals surface area contributed by atoms with E-state index < -0.39 is 15.6 Å². The van der Waals surface area contributed by atoms with E-state index in [-0.39, 0.29) is 35.3 Å². The van der Waals surface area contributed by atoms with Crippen LogP contribution in [0.3, 0.4) is 0 Å². The average Bonchev–Trinajstić information content (AvgIpc) is 2.63. The number of sulfonamides is 1. The van der Waals surface area contributed by atoms with Crippen molar-refractivity contribution in [3.05, 3.63) is 54.1 Å². The number of ether oxygens (including phenoxy) is 1. The Labute approximate surface area is 172 Å². The number of rotatable bonds is 8. The van der Waals surface area contributed by atoms with Crippen molar-refractivity contribution in [1.82, 2.24) is 5.32 Å². The topological polar surface area (TPSA) is 111 Å². The van der Waals surface area contributed by atoms with Crippen molar-refractivity contribution in [2.45, 2.75) is 31.2 Å². The molecule has 1 amide bonds. The number of amides is 1. The number of nitrogens with two attached hydrogens (primary N) is 1. The molecule has 0 spiro atoms. The molecule has 0 unspecified atom stereocenters. The van der Waals surface area contributed by atoms with Gasteiger partial charge in [0.15, 0.2) is 0 Å². The SMILES string of the molecule is CCOc1ccc(NS(=O)(=O)c2cccc(C(=O)NC(C)(C)CN)c2)cc1.Cl. The third-order valence-electron chi connectivity index (χ3n) is 3.79. The van der Waals surface area contributed by atoms with E-state index in [1.807, 2.05) is 6.92 Å². The minimum atomic E-state index is -3.84. The number of halogens is 1. The Balaban J connectivity index is 0.00000392. The zero-order valence-electron chi connectivity index (χ0n) is 16.1. The number of carbonyl (C=O) groups is 1. The zero-order chi connectivity index (χ0) is 20.1. The van der Waals surface area contributed by atoms with Crippen LogP contribution in [0.5, 0.6) is 5.75 Å². The standard InChI is InChI=1S/C19H25N3O4S.ClH/c1-4-26-16-10-8-15(9-11-16)22-27(24,25)17-7-5-6-14(12-17)18(23)21-19(2,3)13-20;/h5-12,22H,4,13,20H2,1-3H3,(H,21,23);1H. The number of carbonyl (C=O) groups excluding carboxylic acids is 1. The van der Waals surface area contributed by atoms with Crippen LogP contribution in [0.2, 0.25) is 0 Å². The summed E-state index contributed by atoms with van der Waals surface area (Å²) in [4.78, 5) is 12.4. The summed E-state index contributed by atoms with van der Waals surface area (Å²) < 4.78 is 33.1. The van der Waals surface area contributed by atoms with Crippen molar-refractivity contribution >= 4 is 34.0 Å². The predicted octanol–water partition coefficient (Wildman–Crippen LogP) is 2.77. The Kier molecular flexibility index (Phi) is 8.29. The second-order valence-corrected chi connectivity index (χ2v) is 8.32. The first-order valence-corrected chi connectivity index (χ1v) is 10.0. The van der Waals surface area contributed by atoms with Gasteiger partial charge >= 0.3 is 0 Å². The molecule has 9 heteroatoms. The molecule has 4 N–H and O–H groups in total. The predicted molar refractivity (Wildman–Crippen MR) is 113 cm³/mol. The van der Waals surface area contributed by atoms with Gasteiger partial charge in [-0.25, -0.2) is 8.42 Å². The highest BCUT2D eigenvalue weighted by molar-refractivity contribution is 7.92. The molecule has 2 rings (SSSR count). The lowest BCUT2D eigenvalue weighted by Crippen LogP contribution is -2.48. The van der Waals surface area contributed by atoms with E-state index >= 15 is 0 Å². The molecule has 0 aliphatic rings. The molecule has 0 radical (unpaired) electrons. The largest absolute Gasteiger partial charge is 0.494 e. The van der Waals surface area contributed by atoms with Crippen molar-refractivity contribution in [3.63, 3.8) is 0 Å². The van der Waals surface area contributed by atoms with E-state index in [2.05, 4.69) is 10.0 Å². The van der Waals surface area contributed by atoms with E-state index in [0.717, 1.165) is 0 Å². The van der Waals surface area contributed by atoms with Gasteiger partial charge in [-0.15, -0.1) is 12.4 Å². The number of benzene rings is 2. The van der Waals surface area contributed by atoms with Crippen LogP contribution in [0.4, 0.5) is 5.69 Å². The molecular weight excluding hydrogens is 402 g/mol. The summed E-state index contributed by atoms with van der Waals surface area (Å²) >= 11 is 0. The third-order valence-corrected chi connectivity index (χ3v) is 5.17. The average molecular weight is 428 g/mol. The summed E-state index contributed by atoms with van der Waals surface area (Å²) in [7, 11) is -3.84. The minimum absolute atomic E-state index is 0. The summed E-state index contributed by atoms with van der Waals surface area (Å²) in [6.45, 7) is 6.24. The monoisotopic (exact) mass is 427 g/mol. The number of nitrogens with one attached hydrogen (secondary N) is 2. The molecule has 0 aromatic heterocycles. The molecule has 0 aliphatic heterocycles. The first-order chi connectivity index (χ1) is 12.7. The smallest absolute Gasteiger partial charge is 0.261 e. The number of hydrogen-bond donors (Lipinski definition) is 3. The van der Waals surface area contributed by atoms with E-state index in [9.17, 15) is 13.2 Å². The molecule has 0 fully saturated rings. The van der Waals surface area contributed by atoms with Gasteiger partial charge in [-0.3, -0.25) is 9.52 Å². The van der Waals surface area contributed by atoms with Gasteiger partial charge in [0.25, 0.3) is 15.9 Å². The fourth-order valence-corrected chi connectivity index (χ4v) is 3.34. The Bertz CT molecular complexity index is 900. The molecule has 0 aliphatic carbocycles. The van der Waals surface area contributed by atoms with Crippen LogP contribution < -0.4 is 20.5 Å². The Morgan fingerprint density at radius 3 is 2.36 bits per heavy atom. The van der Waals surface area contributed by atoms with Crippen LogP contribution in [-0.2, 0) is 10.0 Å². The van der Waals surface area contributed by atoms with Gasteiger partial charge in [-0.2, -0.15) is 0 Å². The number of anilines is 1. The van der Waals surface area contributed by atoms with Gasteiger partial charge in [-0.05, 0) is 63.2 Å². The van der Waals surface area contributed by atoms with Gasteiger partial charge in [0.05, 0.1) is 11.5 Å². The summed E-state index contributed by atoms with van der Waals surface area (Å²) in [5.41, 5.74) is 5.67. The molecule has 2 aromatic rings. The maximum atomic E-state index is 12.6. The fourth-order valence-electron chi connectivity index (χ4n) is 2.23. The lowest BCUT2D eigenvalue weighted by atomic mass is 10.1. The molecule has 7 nitrogen and oxygen atoms in total. The van der Waals surface area contributed by atoms with Crippen LogP contribution >= 0.6 is 12.4 Å². The lowest BCUT2D eigenvalue weighted by molar-refractivity contribution is 0.0915. The van der Waals surface area contributed by atoms with Crippen molar-refractivity contribution in [1.29, 1.82) is 0 Å². The van der Waals surface area contributed by atoms with E-state index in [1.54, 1.807) is 44.2 Å². The summed E-state index contributed by atoms with van der Waals surface area (Å²) in [6, 6.07) is 12.4. The molecule has 0 bridgehead atoms. The second kappa shape index (κ2) is 9.77. The minimum Gasteiger partial charge on any atom is -0.494 e. The molecule has 2 aromatic carbocycles. The number of hydrogen-bond acceptors (Lipinski definition) is 5. The van der Waals surface area contributed by atoms with Crippen LogP contribution in [-0.4, -0.2) is 33.0 Å². The molecule has 0 heterocycles. The second-order valence-electron chi connectivity index (χ2n) is 6.63. The maximum Gasteiger partial charge on any atom is 0.261 e. The van der Waals surface area contributed by atoms with Gasteiger partial charge in [-0.1, -0.05) is 6.07 Å². The van der Waals surface area contributed by atoms with E-state index in [1.165, 1.54) is 18.2 Å². The first-order valence-electron chi connectivity index (χ1n) is 8.55. The molecule has 0 saturated carbocycles. The fraction of sp³-hybridized carbons (Fsp3) is 0.316. The van der Waals surface area contributed by atoms with Gasteiger partial charge in [0.2, 0.25) is 0 Å². The van der Waals surface area contributed by atoms with Gasteiger partial charge in [0, 0.05) is 23.3 Å². The van der Waals surface area contributed by atoms with Crippen LogP contribution in [0.1, 0.15) is 31.1 Å². The first kappa shape index (κ1) is 23.7. The van der Waals surface area contributed by atoms with Crippen LogP contribution in [0.15, 0.2) is 53.4 Å². The molecule has 154 valence electrons. The Morgan fingerprint density at radius 2 is 1.79 bits per heavy atom. The van der Waals surface area contributed by atoms with Gasteiger partial charge < -0.3 is 15.8 Å². The Morgan fingerprint density at radius 1 is 1.14 bits per heavy atom. The Hall–Kier alpha value is -2.29. The maximum absolute atomic E-state index is 12.6. The van der Waals surface area contributed by atoms with E-state index in [4.69, 9.17) is 10.5 Å².